The van der Waals surface area contributed by atoms with Gasteiger partial charge in [-0.1, -0.05) is 0 Å². The van der Waals surface area contributed by atoms with Crippen LogP contribution in [-0.4, -0.2) is 44.0 Å². The molecule has 1 aliphatic heterocycles. The molecule has 0 aromatic carbocycles. The summed E-state index contributed by atoms with van der Waals surface area (Å²) in [6.45, 7) is -0.493. The van der Waals surface area contributed by atoms with Gasteiger partial charge in [0.2, 0.25) is 5.82 Å². The third-order valence-corrected chi connectivity index (χ3v) is 3.44. The number of alkyl halides is 2. The van der Waals surface area contributed by atoms with Gasteiger partial charge in [0.15, 0.2) is 22.8 Å². The normalized spacial score (nSPS) is 37.3. The summed E-state index contributed by atoms with van der Waals surface area (Å²) < 4.78 is 46.6. The highest BCUT2D eigenvalue weighted by atomic mass is 32.1. The van der Waals surface area contributed by atoms with E-state index in [1.807, 2.05) is 4.98 Å². The van der Waals surface area contributed by atoms with Crippen molar-refractivity contribution >= 4 is 12.2 Å². The van der Waals surface area contributed by atoms with Crippen LogP contribution in [0.2, 0.25) is 0 Å². The molecule has 0 aliphatic carbocycles. The predicted molar refractivity (Wildman–Crippen MR) is 62.4 cm³/mol. The molecule has 1 aromatic heterocycles. The van der Waals surface area contributed by atoms with Gasteiger partial charge in [0, 0.05) is 0 Å². The zero-order valence-electron chi connectivity index (χ0n) is 10.1. The third-order valence-electron chi connectivity index (χ3n) is 3.13. The molecule has 0 radical (unpaired) electrons. The van der Waals surface area contributed by atoms with Crippen LogP contribution in [0.1, 0.15) is 13.2 Å². The van der Waals surface area contributed by atoms with Crippen LogP contribution in [0.25, 0.3) is 0 Å². The largest absolute Gasteiger partial charge is 0.390 e. The maximum Gasteiger partial charge on any atom is 0.287 e. The van der Waals surface area contributed by atoms with E-state index in [0.717, 1.165) is 6.92 Å². The summed E-state index contributed by atoms with van der Waals surface area (Å²) >= 11 is 4.72. The molecule has 2 rings (SSSR count). The standard InChI is InChI=1S/C10H11F3N2O4S/c1-9(12)6(18)10(13,3-16)19-7(9)15-2-4(11)5(17)14-8(15)20/h2,6-7,16,18H,3H2,1H3,(H,14,17,20)/t6?,7-,9-,10-/m1/s1. The molecule has 1 saturated heterocycles. The van der Waals surface area contributed by atoms with Crippen molar-refractivity contribution in [1.29, 1.82) is 0 Å². The number of H-pyrrole nitrogens is 1. The minimum atomic E-state index is -3.06. The number of nitrogens with one attached hydrogen (secondary N) is 1. The van der Waals surface area contributed by atoms with Gasteiger partial charge >= 0.3 is 0 Å². The molecule has 0 saturated carbocycles. The summed E-state index contributed by atoms with van der Waals surface area (Å²) in [6, 6.07) is 0. The topological polar surface area (TPSA) is 87.5 Å². The molecule has 1 fully saturated rings. The molecule has 3 N–H and O–H groups in total. The highest BCUT2D eigenvalue weighted by Gasteiger charge is 2.64. The zero-order valence-corrected chi connectivity index (χ0v) is 11.0. The SMILES string of the molecule is C[C@@]1(F)C(O)[C@@](F)(CO)O[C@H]1n1cc(F)c(=O)[nH]c1=S. The maximum absolute atomic E-state index is 14.4. The number of hydrogen-bond acceptors (Lipinski definition) is 5. The highest BCUT2D eigenvalue weighted by molar-refractivity contribution is 7.71. The quantitative estimate of drug-likeness (QED) is 0.685. The van der Waals surface area contributed by atoms with Crippen molar-refractivity contribution in [2.24, 2.45) is 0 Å². The van der Waals surface area contributed by atoms with E-state index in [9.17, 15) is 23.1 Å². The van der Waals surface area contributed by atoms with Crippen molar-refractivity contribution in [3.8, 4) is 0 Å². The van der Waals surface area contributed by atoms with E-state index < -0.39 is 46.6 Å². The monoisotopic (exact) mass is 312 g/mol. The Labute approximate surface area is 115 Å². The van der Waals surface area contributed by atoms with E-state index >= 15 is 0 Å². The van der Waals surface area contributed by atoms with Gasteiger partial charge in [0.25, 0.3) is 11.4 Å². The molecule has 0 bridgehead atoms. The number of halogens is 3. The lowest BCUT2D eigenvalue weighted by molar-refractivity contribution is -0.207. The number of aromatic amines is 1. The molecule has 1 aliphatic rings. The van der Waals surface area contributed by atoms with Crippen LogP contribution < -0.4 is 5.56 Å². The first kappa shape index (κ1) is 15.2. The minimum absolute atomic E-state index is 0.417. The first-order valence-electron chi connectivity index (χ1n) is 5.49. The minimum Gasteiger partial charge on any atom is -0.390 e. The van der Waals surface area contributed by atoms with Crippen molar-refractivity contribution < 1.29 is 28.1 Å². The fourth-order valence-electron chi connectivity index (χ4n) is 2.01. The number of rotatable bonds is 2. The molecule has 1 unspecified atom stereocenters. The summed E-state index contributed by atoms with van der Waals surface area (Å²) in [5.74, 6) is -4.34. The van der Waals surface area contributed by atoms with Gasteiger partial charge in [0.1, 0.15) is 6.61 Å². The van der Waals surface area contributed by atoms with Gasteiger partial charge in [-0.2, -0.15) is 4.39 Å². The van der Waals surface area contributed by atoms with E-state index in [1.54, 1.807) is 0 Å². The molecule has 1 aromatic rings. The van der Waals surface area contributed by atoms with Gasteiger partial charge in [-0.15, -0.1) is 0 Å². The van der Waals surface area contributed by atoms with E-state index in [1.165, 1.54) is 0 Å². The fraction of sp³-hybridized carbons (Fsp3) is 0.600. The average molecular weight is 312 g/mol. The first-order valence-corrected chi connectivity index (χ1v) is 5.90. The van der Waals surface area contributed by atoms with Gasteiger partial charge in [-0.05, 0) is 19.1 Å². The van der Waals surface area contributed by atoms with E-state index in [2.05, 4.69) is 4.74 Å². The molecule has 112 valence electrons. The van der Waals surface area contributed by atoms with Gasteiger partial charge in [-0.25, -0.2) is 8.78 Å². The Morgan fingerprint density at radius 3 is 2.70 bits per heavy atom. The Bertz CT molecular complexity index is 646. The lowest BCUT2D eigenvalue weighted by Crippen LogP contribution is -2.46. The summed E-state index contributed by atoms with van der Waals surface area (Å²) in [7, 11) is 0. The number of nitrogens with zero attached hydrogens (tertiary/aromatic N) is 1. The molecule has 0 amide bonds. The summed E-state index contributed by atoms with van der Waals surface area (Å²) in [6.07, 6.45) is -3.63. The van der Waals surface area contributed by atoms with Crippen molar-refractivity contribution in [2.45, 2.75) is 30.8 Å². The molecule has 2 heterocycles. The van der Waals surface area contributed by atoms with Gasteiger partial charge < -0.3 is 14.9 Å². The highest BCUT2D eigenvalue weighted by Crippen LogP contribution is 2.47. The van der Waals surface area contributed by atoms with Gasteiger partial charge in [-0.3, -0.25) is 14.3 Å². The van der Waals surface area contributed by atoms with Crippen molar-refractivity contribution in [1.82, 2.24) is 9.55 Å². The Morgan fingerprint density at radius 2 is 2.20 bits per heavy atom. The van der Waals surface area contributed by atoms with Crippen molar-refractivity contribution in [3.63, 3.8) is 0 Å². The Morgan fingerprint density at radius 1 is 1.60 bits per heavy atom. The molecule has 10 heteroatoms. The maximum atomic E-state index is 14.4. The Balaban J connectivity index is 2.57. The number of aromatic nitrogens is 2. The van der Waals surface area contributed by atoms with Crippen LogP contribution in [0, 0.1) is 10.6 Å². The van der Waals surface area contributed by atoms with Crippen LogP contribution in [-0.2, 0) is 4.74 Å². The van der Waals surface area contributed by atoms with Crippen molar-refractivity contribution in [2.75, 3.05) is 6.61 Å². The summed E-state index contributed by atoms with van der Waals surface area (Å²) in [5.41, 5.74) is -3.83. The zero-order chi connectivity index (χ0) is 15.3. The average Bonchev–Trinajstić information content (AvgIpc) is 2.56. The summed E-state index contributed by atoms with van der Waals surface area (Å²) in [5, 5.41) is 18.4. The number of ether oxygens (including phenoxy) is 1. The Kier molecular flexibility index (Phi) is 3.53. The molecule has 0 spiro atoms. The molecule has 6 nitrogen and oxygen atoms in total. The number of aliphatic hydroxyl groups is 2. The Hall–Kier alpha value is -1.23. The number of aliphatic hydroxyl groups excluding tert-OH is 2. The van der Waals surface area contributed by atoms with E-state index in [-0.39, 0.29) is 0 Å². The molecule has 4 atom stereocenters. The molecular weight excluding hydrogens is 301 g/mol. The second kappa shape index (κ2) is 4.65. The predicted octanol–water partition coefficient (Wildman–Crippen LogP) is 0.321. The van der Waals surface area contributed by atoms with Crippen LogP contribution in [0.5, 0.6) is 0 Å². The lowest BCUT2D eigenvalue weighted by atomic mass is 9.97. The molecular formula is C10H11F3N2O4S. The van der Waals surface area contributed by atoms with Crippen LogP contribution in [0.3, 0.4) is 0 Å². The third kappa shape index (κ3) is 2.08. The van der Waals surface area contributed by atoms with Crippen LogP contribution in [0.4, 0.5) is 13.2 Å². The van der Waals surface area contributed by atoms with E-state index in [0.29, 0.717) is 10.8 Å². The van der Waals surface area contributed by atoms with E-state index in [4.69, 9.17) is 17.3 Å². The molecule has 20 heavy (non-hydrogen) atoms. The fourth-order valence-corrected chi connectivity index (χ4v) is 2.25. The number of hydrogen-bond donors (Lipinski definition) is 3. The van der Waals surface area contributed by atoms with Crippen molar-refractivity contribution in [3.05, 3.63) is 27.1 Å². The first-order chi connectivity index (χ1) is 9.13. The van der Waals surface area contributed by atoms with Crippen LogP contribution in [0.15, 0.2) is 11.0 Å². The second-order valence-electron chi connectivity index (χ2n) is 4.61. The second-order valence-corrected chi connectivity index (χ2v) is 5.00. The summed E-state index contributed by atoms with van der Waals surface area (Å²) in [4.78, 5) is 12.9. The smallest absolute Gasteiger partial charge is 0.287 e. The van der Waals surface area contributed by atoms with Crippen LogP contribution >= 0.6 is 12.2 Å². The van der Waals surface area contributed by atoms with Gasteiger partial charge in [0.05, 0.1) is 6.20 Å². The lowest BCUT2D eigenvalue weighted by Gasteiger charge is -2.25.